The molecule has 1 N–H and O–H groups in total. The topological polar surface area (TPSA) is 62.6 Å². The summed E-state index contributed by atoms with van der Waals surface area (Å²) < 4.78 is 5.51. The van der Waals surface area contributed by atoms with Gasteiger partial charge in [-0.1, -0.05) is 48.0 Å². The molecular weight excluding hydrogens is 374 g/mol. The first kappa shape index (κ1) is 20.0. The summed E-state index contributed by atoms with van der Waals surface area (Å²) in [5.41, 5.74) is 9.47. The monoisotopic (exact) mass is 401 g/mol. The number of hydrogen-bond donors (Lipinski definition) is 1. The van der Waals surface area contributed by atoms with Gasteiger partial charge in [0.15, 0.2) is 5.82 Å². The zero-order valence-corrected chi connectivity index (χ0v) is 17.7. The Labute approximate surface area is 177 Å². The van der Waals surface area contributed by atoms with Gasteiger partial charge in [-0.3, -0.25) is 5.43 Å². The molecule has 30 heavy (non-hydrogen) atoms. The van der Waals surface area contributed by atoms with Crippen molar-refractivity contribution >= 4 is 17.2 Å². The predicted molar refractivity (Wildman–Crippen MR) is 122 cm³/mol. The van der Waals surface area contributed by atoms with E-state index in [0.717, 1.165) is 48.8 Å². The van der Waals surface area contributed by atoms with E-state index in [1.165, 1.54) is 11.3 Å². The van der Waals surface area contributed by atoms with E-state index in [-0.39, 0.29) is 0 Å². The maximum atomic E-state index is 5.51. The fourth-order valence-corrected chi connectivity index (χ4v) is 3.53. The number of nitrogens with one attached hydrogen (secondary N) is 1. The van der Waals surface area contributed by atoms with E-state index >= 15 is 0 Å². The van der Waals surface area contributed by atoms with Crippen molar-refractivity contribution in [2.75, 3.05) is 36.6 Å². The lowest BCUT2D eigenvalue weighted by Gasteiger charge is -2.30. The summed E-state index contributed by atoms with van der Waals surface area (Å²) in [4.78, 5) is 11.6. The van der Waals surface area contributed by atoms with E-state index in [0.29, 0.717) is 11.6 Å². The third-order valence-electron chi connectivity index (χ3n) is 5.18. The number of benzene rings is 2. The van der Waals surface area contributed by atoms with Crippen molar-refractivity contribution in [1.82, 2.24) is 9.97 Å². The second-order valence-corrected chi connectivity index (χ2v) is 7.48. The van der Waals surface area contributed by atoms with Crippen LogP contribution in [0.1, 0.15) is 23.9 Å². The first-order valence-corrected chi connectivity index (χ1v) is 10.3. The molecule has 0 amide bonds. The van der Waals surface area contributed by atoms with Gasteiger partial charge in [0, 0.05) is 30.4 Å². The first-order valence-electron chi connectivity index (χ1n) is 10.3. The molecule has 6 nitrogen and oxygen atoms in total. The average molecular weight is 402 g/mol. The SMILES string of the molecule is CC(=NNc1cc(-c2ccccc2N2CCOCC2)nc(C)n1)c1ccc(C)cc1. The third-order valence-corrected chi connectivity index (χ3v) is 5.18. The van der Waals surface area contributed by atoms with E-state index in [2.05, 4.69) is 69.8 Å². The van der Waals surface area contributed by atoms with Gasteiger partial charge < -0.3 is 9.64 Å². The van der Waals surface area contributed by atoms with Crippen LogP contribution in [0.3, 0.4) is 0 Å². The molecule has 4 rings (SSSR count). The second kappa shape index (κ2) is 9.05. The number of aromatic nitrogens is 2. The minimum absolute atomic E-state index is 0.681. The molecule has 0 unspecified atom stereocenters. The summed E-state index contributed by atoms with van der Waals surface area (Å²) in [5, 5.41) is 4.53. The lowest BCUT2D eigenvalue weighted by molar-refractivity contribution is 0.123. The van der Waals surface area contributed by atoms with Crippen LogP contribution in [0.15, 0.2) is 59.7 Å². The van der Waals surface area contributed by atoms with Crippen LogP contribution < -0.4 is 10.3 Å². The molecular formula is C24H27N5O. The van der Waals surface area contributed by atoms with E-state index in [9.17, 15) is 0 Å². The molecule has 1 fully saturated rings. The van der Waals surface area contributed by atoms with E-state index < -0.39 is 0 Å². The van der Waals surface area contributed by atoms with E-state index in [1.54, 1.807) is 0 Å². The number of para-hydroxylation sites is 1. The Hall–Kier alpha value is -3.25. The summed E-state index contributed by atoms with van der Waals surface area (Å²) >= 11 is 0. The van der Waals surface area contributed by atoms with Crippen molar-refractivity contribution < 1.29 is 4.74 Å². The van der Waals surface area contributed by atoms with Gasteiger partial charge in [-0.25, -0.2) is 9.97 Å². The van der Waals surface area contributed by atoms with Gasteiger partial charge in [-0.15, -0.1) is 0 Å². The van der Waals surface area contributed by atoms with Crippen molar-refractivity contribution in [3.05, 3.63) is 71.5 Å². The molecule has 3 aromatic rings. The zero-order valence-electron chi connectivity index (χ0n) is 17.7. The molecule has 1 aromatic heterocycles. The van der Waals surface area contributed by atoms with Crippen LogP contribution in [0.4, 0.5) is 11.5 Å². The fraction of sp³-hybridized carbons (Fsp3) is 0.292. The predicted octanol–water partition coefficient (Wildman–Crippen LogP) is 4.43. The number of hydrogen-bond acceptors (Lipinski definition) is 6. The van der Waals surface area contributed by atoms with Crippen LogP contribution in [0.2, 0.25) is 0 Å². The Morgan fingerprint density at radius 2 is 1.73 bits per heavy atom. The maximum absolute atomic E-state index is 5.51. The molecule has 0 spiro atoms. The molecule has 0 radical (unpaired) electrons. The normalized spacial score (nSPS) is 14.6. The van der Waals surface area contributed by atoms with Gasteiger partial charge in [-0.2, -0.15) is 5.10 Å². The molecule has 0 bridgehead atoms. The summed E-state index contributed by atoms with van der Waals surface area (Å²) in [6, 6.07) is 18.6. The van der Waals surface area contributed by atoms with Gasteiger partial charge in [0.25, 0.3) is 0 Å². The van der Waals surface area contributed by atoms with Gasteiger partial charge in [0.05, 0.1) is 24.6 Å². The highest BCUT2D eigenvalue weighted by Gasteiger charge is 2.16. The van der Waals surface area contributed by atoms with Crippen molar-refractivity contribution in [2.45, 2.75) is 20.8 Å². The molecule has 0 saturated carbocycles. The third kappa shape index (κ3) is 4.66. The summed E-state index contributed by atoms with van der Waals surface area (Å²) in [5.74, 6) is 1.38. The number of morpholine rings is 1. The highest BCUT2D eigenvalue weighted by Crippen LogP contribution is 2.31. The highest BCUT2D eigenvalue weighted by atomic mass is 16.5. The van der Waals surface area contributed by atoms with Gasteiger partial charge in [0.2, 0.25) is 0 Å². The van der Waals surface area contributed by atoms with Crippen molar-refractivity contribution in [3.63, 3.8) is 0 Å². The Bertz CT molecular complexity index is 1040. The fourth-order valence-electron chi connectivity index (χ4n) is 3.53. The smallest absolute Gasteiger partial charge is 0.150 e. The average Bonchev–Trinajstić information content (AvgIpc) is 2.78. The largest absolute Gasteiger partial charge is 0.378 e. The molecule has 1 aliphatic heterocycles. The van der Waals surface area contributed by atoms with Gasteiger partial charge in [-0.05, 0) is 32.4 Å². The molecule has 2 aromatic carbocycles. The van der Waals surface area contributed by atoms with Gasteiger partial charge in [0.1, 0.15) is 5.82 Å². The summed E-state index contributed by atoms with van der Waals surface area (Å²) in [6.07, 6.45) is 0. The van der Waals surface area contributed by atoms with Crippen molar-refractivity contribution in [1.29, 1.82) is 0 Å². The van der Waals surface area contributed by atoms with Crippen LogP contribution in [0, 0.1) is 13.8 Å². The first-order chi connectivity index (χ1) is 14.6. The van der Waals surface area contributed by atoms with Gasteiger partial charge >= 0.3 is 0 Å². The second-order valence-electron chi connectivity index (χ2n) is 7.48. The number of anilines is 2. The number of aryl methyl sites for hydroxylation is 2. The number of hydrazone groups is 1. The minimum atomic E-state index is 0.681. The molecule has 154 valence electrons. The molecule has 2 heterocycles. The van der Waals surface area contributed by atoms with E-state index in [4.69, 9.17) is 9.72 Å². The standard InChI is InChI=1S/C24H27N5O/c1-17-8-10-20(11-9-17)18(2)27-28-24-16-22(25-19(3)26-24)21-6-4-5-7-23(21)29-12-14-30-15-13-29/h4-11,16H,12-15H2,1-3H3,(H,25,26,28). The molecule has 1 saturated heterocycles. The zero-order chi connectivity index (χ0) is 20.9. The summed E-state index contributed by atoms with van der Waals surface area (Å²) in [6.45, 7) is 9.23. The Morgan fingerprint density at radius 1 is 1.00 bits per heavy atom. The minimum Gasteiger partial charge on any atom is -0.378 e. The quantitative estimate of drug-likeness (QED) is 0.506. The lowest BCUT2D eigenvalue weighted by atomic mass is 10.1. The summed E-state index contributed by atoms with van der Waals surface area (Å²) in [7, 11) is 0. The molecule has 0 atom stereocenters. The van der Waals surface area contributed by atoms with Crippen LogP contribution in [0.25, 0.3) is 11.3 Å². The van der Waals surface area contributed by atoms with E-state index in [1.807, 2.05) is 26.0 Å². The number of nitrogens with zero attached hydrogens (tertiary/aromatic N) is 4. The molecule has 0 aliphatic carbocycles. The lowest BCUT2D eigenvalue weighted by Crippen LogP contribution is -2.36. The Morgan fingerprint density at radius 3 is 2.50 bits per heavy atom. The van der Waals surface area contributed by atoms with Crippen LogP contribution in [-0.4, -0.2) is 42.0 Å². The number of rotatable bonds is 5. The highest BCUT2D eigenvalue weighted by molar-refractivity contribution is 5.99. The van der Waals surface area contributed by atoms with Crippen LogP contribution in [0.5, 0.6) is 0 Å². The van der Waals surface area contributed by atoms with Crippen LogP contribution >= 0.6 is 0 Å². The molecule has 1 aliphatic rings. The Balaban J connectivity index is 1.61. The maximum Gasteiger partial charge on any atom is 0.150 e. The van der Waals surface area contributed by atoms with Crippen LogP contribution in [-0.2, 0) is 4.74 Å². The van der Waals surface area contributed by atoms with Crippen molar-refractivity contribution in [3.8, 4) is 11.3 Å². The Kier molecular flexibility index (Phi) is 6.05. The van der Waals surface area contributed by atoms with Crippen molar-refractivity contribution in [2.24, 2.45) is 5.10 Å². The molecule has 6 heteroatoms. The number of ether oxygens (including phenoxy) is 1.